The predicted octanol–water partition coefficient (Wildman–Crippen LogP) is 2.05. The van der Waals surface area contributed by atoms with Crippen molar-refractivity contribution >= 4 is 17.3 Å². The normalized spacial score (nSPS) is 16.9. The van der Waals surface area contributed by atoms with Crippen molar-refractivity contribution in [3.05, 3.63) is 16.1 Å². The molecule has 1 saturated carbocycles. The molecular formula is C13H22N4S. The summed E-state index contributed by atoms with van der Waals surface area (Å²) in [5, 5.41) is 6.49. The van der Waals surface area contributed by atoms with E-state index < -0.39 is 0 Å². The first kappa shape index (κ1) is 13.3. The third-order valence-electron chi connectivity index (χ3n) is 2.77. The third kappa shape index (κ3) is 3.98. The lowest BCUT2D eigenvalue weighted by Crippen LogP contribution is -2.33. The van der Waals surface area contributed by atoms with E-state index in [-0.39, 0.29) is 5.41 Å². The summed E-state index contributed by atoms with van der Waals surface area (Å²) >= 11 is 1.73. The van der Waals surface area contributed by atoms with E-state index in [1.54, 1.807) is 11.3 Å². The third-order valence-corrected chi connectivity index (χ3v) is 4.09. The summed E-state index contributed by atoms with van der Waals surface area (Å²) in [6, 6.07) is 0.570. The molecule has 1 aromatic rings. The number of nitrogens with two attached hydrogens (primary N) is 1. The molecule has 0 spiro atoms. The predicted molar refractivity (Wildman–Crippen MR) is 77.2 cm³/mol. The number of aliphatic imine (C=N–C) groups is 1. The Balaban J connectivity index is 1.80. The number of aromatic nitrogens is 1. The van der Waals surface area contributed by atoms with Crippen LogP contribution in [0.1, 0.15) is 44.3 Å². The average molecular weight is 266 g/mol. The maximum Gasteiger partial charge on any atom is 0.188 e. The van der Waals surface area contributed by atoms with E-state index in [0.29, 0.717) is 18.5 Å². The molecule has 100 valence electrons. The smallest absolute Gasteiger partial charge is 0.188 e. The van der Waals surface area contributed by atoms with Gasteiger partial charge in [-0.3, -0.25) is 4.99 Å². The second kappa shape index (κ2) is 5.26. The van der Waals surface area contributed by atoms with Crippen molar-refractivity contribution in [3.8, 4) is 0 Å². The van der Waals surface area contributed by atoms with E-state index in [9.17, 15) is 0 Å². The maximum atomic E-state index is 5.77. The Morgan fingerprint density at radius 3 is 2.83 bits per heavy atom. The molecule has 1 heterocycles. The number of thiazole rings is 1. The number of rotatable bonds is 4. The maximum absolute atomic E-state index is 5.77. The highest BCUT2D eigenvalue weighted by Crippen LogP contribution is 2.25. The van der Waals surface area contributed by atoms with Gasteiger partial charge in [0.2, 0.25) is 0 Å². The zero-order valence-electron chi connectivity index (χ0n) is 11.4. The van der Waals surface area contributed by atoms with Gasteiger partial charge in [0.25, 0.3) is 0 Å². The minimum Gasteiger partial charge on any atom is -0.370 e. The van der Waals surface area contributed by atoms with Gasteiger partial charge < -0.3 is 11.1 Å². The number of nitrogens with zero attached hydrogens (tertiary/aromatic N) is 2. The van der Waals surface area contributed by atoms with Crippen LogP contribution in [0.3, 0.4) is 0 Å². The van der Waals surface area contributed by atoms with Gasteiger partial charge in [-0.25, -0.2) is 4.98 Å². The first-order valence-electron chi connectivity index (χ1n) is 6.46. The summed E-state index contributed by atoms with van der Waals surface area (Å²) in [4.78, 5) is 8.96. The van der Waals surface area contributed by atoms with Crippen LogP contribution >= 0.6 is 11.3 Å². The van der Waals surface area contributed by atoms with Gasteiger partial charge in [0, 0.05) is 29.8 Å². The molecule has 0 radical (unpaired) electrons. The van der Waals surface area contributed by atoms with Crippen LogP contribution in [0.2, 0.25) is 0 Å². The number of hydrogen-bond acceptors (Lipinski definition) is 3. The quantitative estimate of drug-likeness (QED) is 0.647. The lowest BCUT2D eigenvalue weighted by molar-refractivity contribution is 0.583. The van der Waals surface area contributed by atoms with Crippen molar-refractivity contribution in [1.29, 1.82) is 0 Å². The zero-order valence-corrected chi connectivity index (χ0v) is 12.2. The molecule has 0 saturated heterocycles. The van der Waals surface area contributed by atoms with Crippen LogP contribution in [0.5, 0.6) is 0 Å². The van der Waals surface area contributed by atoms with Gasteiger partial charge in [-0.05, 0) is 12.8 Å². The number of hydrogen-bond donors (Lipinski definition) is 2. The number of guanidine groups is 1. The fraction of sp³-hybridized carbons (Fsp3) is 0.692. The highest BCUT2D eigenvalue weighted by Gasteiger charge is 2.21. The van der Waals surface area contributed by atoms with Gasteiger partial charge in [-0.1, -0.05) is 20.8 Å². The zero-order chi connectivity index (χ0) is 13.2. The summed E-state index contributed by atoms with van der Waals surface area (Å²) in [5.41, 5.74) is 7.03. The molecule has 0 aliphatic heterocycles. The summed E-state index contributed by atoms with van der Waals surface area (Å²) in [5.74, 6) is 0.573. The van der Waals surface area contributed by atoms with Crippen molar-refractivity contribution < 1.29 is 0 Å². The first-order valence-corrected chi connectivity index (χ1v) is 7.34. The molecule has 3 N–H and O–H groups in total. The Bertz CT molecular complexity index is 426. The number of nitrogens with one attached hydrogen (secondary N) is 1. The SMILES string of the molecule is CC(C)(C)c1nc(CCN=C(N)NC2CC2)cs1. The molecule has 0 bridgehead atoms. The fourth-order valence-electron chi connectivity index (χ4n) is 1.54. The topological polar surface area (TPSA) is 63.3 Å². The minimum atomic E-state index is 0.138. The lowest BCUT2D eigenvalue weighted by atomic mass is 9.98. The Hall–Kier alpha value is -1.10. The summed E-state index contributed by atoms with van der Waals surface area (Å²) in [7, 11) is 0. The molecule has 1 aliphatic rings. The average Bonchev–Trinajstić information content (AvgIpc) is 2.93. The van der Waals surface area contributed by atoms with Crippen LogP contribution in [-0.4, -0.2) is 23.5 Å². The molecule has 0 amide bonds. The van der Waals surface area contributed by atoms with Crippen molar-refractivity contribution in [2.75, 3.05) is 6.54 Å². The van der Waals surface area contributed by atoms with Crippen LogP contribution in [0, 0.1) is 0 Å². The highest BCUT2D eigenvalue weighted by atomic mass is 32.1. The summed E-state index contributed by atoms with van der Waals surface area (Å²) < 4.78 is 0. The molecule has 4 nitrogen and oxygen atoms in total. The van der Waals surface area contributed by atoms with Crippen LogP contribution in [0.4, 0.5) is 0 Å². The molecule has 2 rings (SSSR count). The van der Waals surface area contributed by atoms with E-state index >= 15 is 0 Å². The monoisotopic (exact) mass is 266 g/mol. The Labute approximate surface area is 113 Å². The van der Waals surface area contributed by atoms with Crippen molar-refractivity contribution in [3.63, 3.8) is 0 Å². The van der Waals surface area contributed by atoms with Gasteiger partial charge in [0.05, 0.1) is 10.7 Å². The fourth-order valence-corrected chi connectivity index (χ4v) is 2.48. The molecule has 1 aliphatic carbocycles. The van der Waals surface area contributed by atoms with E-state index in [1.807, 2.05) is 0 Å². The molecule has 1 aromatic heterocycles. The molecule has 5 heteroatoms. The van der Waals surface area contributed by atoms with Crippen LogP contribution in [0.25, 0.3) is 0 Å². The standard InChI is InChI=1S/C13H22N4S/c1-13(2,3)11-16-10(8-18-11)6-7-15-12(14)17-9-4-5-9/h8-9H,4-7H2,1-3H3,(H3,14,15,17). The molecule has 18 heavy (non-hydrogen) atoms. The van der Waals surface area contributed by atoms with Crippen molar-refractivity contribution in [1.82, 2.24) is 10.3 Å². The van der Waals surface area contributed by atoms with Crippen molar-refractivity contribution in [2.45, 2.75) is 51.5 Å². The van der Waals surface area contributed by atoms with Crippen LogP contribution < -0.4 is 11.1 Å². The van der Waals surface area contributed by atoms with Gasteiger partial charge in [0.1, 0.15) is 0 Å². The first-order chi connectivity index (χ1) is 8.45. The van der Waals surface area contributed by atoms with Gasteiger partial charge in [0.15, 0.2) is 5.96 Å². The highest BCUT2D eigenvalue weighted by molar-refractivity contribution is 7.09. The van der Waals surface area contributed by atoms with E-state index in [2.05, 4.69) is 41.4 Å². The molecule has 0 unspecified atom stereocenters. The van der Waals surface area contributed by atoms with E-state index in [1.165, 1.54) is 17.8 Å². The second-order valence-corrected chi connectivity index (χ2v) is 6.69. The van der Waals surface area contributed by atoms with Gasteiger partial charge in [-0.2, -0.15) is 0 Å². The van der Waals surface area contributed by atoms with E-state index in [0.717, 1.165) is 12.1 Å². The largest absolute Gasteiger partial charge is 0.370 e. The van der Waals surface area contributed by atoms with Gasteiger partial charge in [-0.15, -0.1) is 11.3 Å². The summed E-state index contributed by atoms with van der Waals surface area (Å²) in [6.45, 7) is 7.26. The molecule has 1 fully saturated rings. The van der Waals surface area contributed by atoms with Crippen LogP contribution in [0.15, 0.2) is 10.4 Å². The molecular weight excluding hydrogens is 244 g/mol. The van der Waals surface area contributed by atoms with E-state index in [4.69, 9.17) is 5.73 Å². The molecule has 0 aromatic carbocycles. The lowest BCUT2D eigenvalue weighted by Gasteiger charge is -2.13. The van der Waals surface area contributed by atoms with Gasteiger partial charge >= 0.3 is 0 Å². The van der Waals surface area contributed by atoms with Crippen molar-refractivity contribution in [2.24, 2.45) is 10.7 Å². The summed E-state index contributed by atoms with van der Waals surface area (Å²) in [6.07, 6.45) is 3.30. The Morgan fingerprint density at radius 1 is 1.56 bits per heavy atom. The Morgan fingerprint density at radius 2 is 2.28 bits per heavy atom. The Kier molecular flexibility index (Phi) is 3.90. The molecule has 0 atom stereocenters. The van der Waals surface area contributed by atoms with Crippen LogP contribution in [-0.2, 0) is 11.8 Å². The second-order valence-electron chi connectivity index (χ2n) is 5.83. The minimum absolute atomic E-state index is 0.138.